The van der Waals surface area contributed by atoms with Crippen LogP contribution in [0.4, 0.5) is 0 Å². The van der Waals surface area contributed by atoms with Crippen molar-refractivity contribution in [2.24, 2.45) is 0 Å². The predicted octanol–water partition coefficient (Wildman–Crippen LogP) is 15.0. The van der Waals surface area contributed by atoms with Gasteiger partial charge in [0.25, 0.3) is 0 Å². The Kier molecular flexibility index (Phi) is 27.6. The molecule has 48 heavy (non-hydrogen) atoms. The highest BCUT2D eigenvalue weighted by atomic mass is 16.4. The molecule has 2 N–H and O–H groups in total. The zero-order chi connectivity index (χ0) is 35.2. The minimum Gasteiger partial charge on any atom is -0.478 e. The summed E-state index contributed by atoms with van der Waals surface area (Å²) in [7, 11) is 0. The van der Waals surface area contributed by atoms with Gasteiger partial charge in [-0.25, -0.2) is 9.59 Å². The number of hydrogen-bond acceptors (Lipinski definition) is 2. The van der Waals surface area contributed by atoms with Crippen molar-refractivity contribution in [2.45, 2.75) is 232 Å². The first-order valence-electron chi connectivity index (χ1n) is 21.1. The summed E-state index contributed by atoms with van der Waals surface area (Å²) in [6.07, 6.45) is 36.3. The SMILES string of the molecule is CCCCCCCCCC[C@@H](CCCCCCC)c1ccc(C(=O)O)c(C(=O)O)c1[C@H](CCCCCCC)CCCCCCCCCC. The highest BCUT2D eigenvalue weighted by molar-refractivity contribution is 6.03. The second-order valence-corrected chi connectivity index (χ2v) is 14.9. The van der Waals surface area contributed by atoms with Gasteiger partial charge < -0.3 is 10.2 Å². The molecule has 1 rings (SSSR count). The first kappa shape index (κ1) is 44.2. The first-order valence-corrected chi connectivity index (χ1v) is 21.1. The highest BCUT2D eigenvalue weighted by Gasteiger charge is 2.30. The van der Waals surface area contributed by atoms with Crippen LogP contribution in [0.15, 0.2) is 12.1 Å². The second kappa shape index (κ2) is 30.0. The predicted molar refractivity (Wildman–Crippen MR) is 207 cm³/mol. The summed E-state index contributed by atoms with van der Waals surface area (Å²) in [5, 5.41) is 20.8. The van der Waals surface area contributed by atoms with Crippen molar-refractivity contribution in [3.05, 3.63) is 34.4 Å². The molecule has 4 heteroatoms. The van der Waals surface area contributed by atoms with Gasteiger partial charge in [-0.3, -0.25) is 0 Å². The van der Waals surface area contributed by atoms with Gasteiger partial charge in [0, 0.05) is 0 Å². The number of benzene rings is 1. The maximum atomic E-state index is 13.0. The summed E-state index contributed by atoms with van der Waals surface area (Å²) in [6, 6.07) is 3.67. The van der Waals surface area contributed by atoms with Crippen LogP contribution >= 0.6 is 0 Å². The molecule has 0 saturated carbocycles. The van der Waals surface area contributed by atoms with E-state index in [-0.39, 0.29) is 17.0 Å². The molecule has 0 aromatic heterocycles. The van der Waals surface area contributed by atoms with Crippen LogP contribution in [0.1, 0.15) is 264 Å². The van der Waals surface area contributed by atoms with Crippen LogP contribution in [0.3, 0.4) is 0 Å². The Morgan fingerprint density at radius 2 is 0.750 bits per heavy atom. The van der Waals surface area contributed by atoms with Crippen LogP contribution in [0, 0.1) is 0 Å². The normalized spacial score (nSPS) is 12.8. The number of unbranched alkanes of at least 4 members (excludes halogenated alkanes) is 22. The average Bonchev–Trinajstić information content (AvgIpc) is 3.07. The molecule has 0 aliphatic rings. The Hall–Kier alpha value is -1.84. The van der Waals surface area contributed by atoms with E-state index < -0.39 is 11.9 Å². The maximum absolute atomic E-state index is 13.0. The molecular weight excluding hydrogens is 592 g/mol. The maximum Gasteiger partial charge on any atom is 0.336 e. The number of aromatic carboxylic acids is 2. The van der Waals surface area contributed by atoms with Gasteiger partial charge in [-0.15, -0.1) is 0 Å². The van der Waals surface area contributed by atoms with Gasteiger partial charge in [-0.05, 0) is 54.7 Å². The molecule has 1 aromatic rings. The minimum absolute atomic E-state index is 0.0260. The largest absolute Gasteiger partial charge is 0.478 e. The molecule has 0 bridgehead atoms. The van der Waals surface area contributed by atoms with Crippen LogP contribution in [0.2, 0.25) is 0 Å². The molecular formula is C44H78O4. The third-order valence-corrected chi connectivity index (χ3v) is 10.7. The van der Waals surface area contributed by atoms with E-state index in [0.29, 0.717) is 5.92 Å². The van der Waals surface area contributed by atoms with Crippen molar-refractivity contribution in [3.63, 3.8) is 0 Å². The topological polar surface area (TPSA) is 74.6 Å². The minimum atomic E-state index is -1.12. The van der Waals surface area contributed by atoms with Crippen molar-refractivity contribution in [1.82, 2.24) is 0 Å². The molecule has 0 fully saturated rings. The lowest BCUT2D eigenvalue weighted by atomic mass is 9.76. The molecule has 278 valence electrons. The smallest absolute Gasteiger partial charge is 0.336 e. The number of carbonyl (C=O) groups is 2. The van der Waals surface area contributed by atoms with E-state index in [2.05, 4.69) is 27.7 Å². The lowest BCUT2D eigenvalue weighted by Crippen LogP contribution is -2.18. The zero-order valence-corrected chi connectivity index (χ0v) is 32.2. The van der Waals surface area contributed by atoms with E-state index >= 15 is 0 Å². The van der Waals surface area contributed by atoms with Crippen molar-refractivity contribution in [3.8, 4) is 0 Å². The molecule has 1 aromatic carbocycles. The van der Waals surface area contributed by atoms with E-state index in [1.807, 2.05) is 6.07 Å². The van der Waals surface area contributed by atoms with Crippen molar-refractivity contribution in [2.75, 3.05) is 0 Å². The molecule has 0 aliphatic heterocycles. The van der Waals surface area contributed by atoms with Gasteiger partial charge >= 0.3 is 11.9 Å². The lowest BCUT2D eigenvalue weighted by molar-refractivity contribution is 0.0649. The van der Waals surface area contributed by atoms with Crippen molar-refractivity contribution < 1.29 is 19.8 Å². The second-order valence-electron chi connectivity index (χ2n) is 14.9. The molecule has 0 saturated heterocycles. The van der Waals surface area contributed by atoms with Gasteiger partial charge in [-0.1, -0.05) is 201 Å². The Balaban J connectivity index is 3.37. The van der Waals surface area contributed by atoms with Crippen LogP contribution in [-0.2, 0) is 0 Å². The number of rotatable bonds is 34. The van der Waals surface area contributed by atoms with E-state index in [4.69, 9.17) is 0 Å². The van der Waals surface area contributed by atoms with Crippen LogP contribution in [-0.4, -0.2) is 22.2 Å². The van der Waals surface area contributed by atoms with Gasteiger partial charge in [-0.2, -0.15) is 0 Å². The van der Waals surface area contributed by atoms with E-state index in [1.165, 1.54) is 135 Å². The van der Waals surface area contributed by atoms with Crippen LogP contribution in [0.5, 0.6) is 0 Å². The van der Waals surface area contributed by atoms with Crippen LogP contribution in [0.25, 0.3) is 0 Å². The van der Waals surface area contributed by atoms with E-state index in [1.54, 1.807) is 6.07 Å². The summed E-state index contributed by atoms with van der Waals surface area (Å²) in [5.41, 5.74) is 2.11. The van der Waals surface area contributed by atoms with Gasteiger partial charge in [0.1, 0.15) is 0 Å². The molecule has 0 aliphatic carbocycles. The fourth-order valence-corrected chi connectivity index (χ4v) is 7.77. The van der Waals surface area contributed by atoms with E-state index in [0.717, 1.165) is 68.9 Å². The number of hydrogen-bond donors (Lipinski definition) is 2. The Labute approximate surface area is 297 Å². The third kappa shape index (κ3) is 19.4. The molecule has 0 heterocycles. The standard InChI is InChI=1S/C44H78O4/c1-5-9-13-17-19-21-25-28-32-37(31-27-23-15-11-7-3)39-35-36-40(43(45)46)42(44(47)48)41(39)38(33-29-24-16-12-8-4)34-30-26-22-20-18-14-10-6-2/h35-38H,5-34H2,1-4H3,(H,45,46)(H,47,48)/t37-,38-/m1/s1. The Morgan fingerprint density at radius 1 is 0.438 bits per heavy atom. The Bertz CT molecular complexity index is 938. The van der Waals surface area contributed by atoms with Gasteiger partial charge in [0.05, 0.1) is 11.1 Å². The van der Waals surface area contributed by atoms with Crippen molar-refractivity contribution >= 4 is 11.9 Å². The molecule has 0 spiro atoms. The summed E-state index contributed by atoms with van der Waals surface area (Å²) in [5.74, 6) is -1.78. The molecule has 4 nitrogen and oxygen atoms in total. The summed E-state index contributed by atoms with van der Waals surface area (Å²) < 4.78 is 0. The monoisotopic (exact) mass is 671 g/mol. The average molecular weight is 671 g/mol. The van der Waals surface area contributed by atoms with E-state index in [9.17, 15) is 19.8 Å². The third-order valence-electron chi connectivity index (χ3n) is 10.7. The van der Waals surface area contributed by atoms with Crippen molar-refractivity contribution in [1.29, 1.82) is 0 Å². The van der Waals surface area contributed by atoms with Gasteiger partial charge in [0.15, 0.2) is 0 Å². The lowest BCUT2D eigenvalue weighted by Gasteiger charge is -2.28. The zero-order valence-electron chi connectivity index (χ0n) is 32.2. The van der Waals surface area contributed by atoms with Crippen LogP contribution < -0.4 is 0 Å². The first-order chi connectivity index (χ1) is 23.4. The summed E-state index contributed by atoms with van der Waals surface area (Å²) in [6.45, 7) is 9.02. The fourth-order valence-electron chi connectivity index (χ4n) is 7.77. The molecule has 2 atom stereocenters. The molecule has 0 unspecified atom stereocenters. The number of carboxylic acid groups (broad SMARTS) is 2. The molecule has 0 radical (unpaired) electrons. The Morgan fingerprint density at radius 3 is 1.06 bits per heavy atom. The summed E-state index contributed by atoms with van der Waals surface area (Å²) in [4.78, 5) is 25.5. The fraction of sp³-hybridized carbons (Fsp3) is 0.818. The number of carboxylic acids is 2. The molecule has 0 amide bonds. The summed E-state index contributed by atoms with van der Waals surface area (Å²) >= 11 is 0. The van der Waals surface area contributed by atoms with Gasteiger partial charge in [0.2, 0.25) is 0 Å². The highest BCUT2D eigenvalue weighted by Crippen LogP contribution is 2.41. The quantitative estimate of drug-likeness (QED) is 0.0716.